The van der Waals surface area contributed by atoms with Crippen LogP contribution in [-0.2, 0) is 4.74 Å². The fourth-order valence-corrected chi connectivity index (χ4v) is 1.90. The molecule has 4 nitrogen and oxygen atoms in total. The van der Waals surface area contributed by atoms with Crippen LogP contribution in [-0.4, -0.2) is 29.3 Å². The molecule has 0 radical (unpaired) electrons. The lowest BCUT2D eigenvalue weighted by molar-refractivity contribution is 0.163. The molecule has 0 aliphatic carbocycles. The number of unbranched alkanes of at least 4 members (excludes halogenated alkanes) is 1. The maximum absolute atomic E-state index is 5.18. The van der Waals surface area contributed by atoms with Gasteiger partial charge in [-0.2, -0.15) is 0 Å². The Bertz CT molecular complexity index is 311. The van der Waals surface area contributed by atoms with Crippen molar-refractivity contribution in [1.29, 1.82) is 0 Å². The largest absolute Gasteiger partial charge is 0.383 e. The van der Waals surface area contributed by atoms with Crippen LogP contribution >= 0.6 is 0 Å². The van der Waals surface area contributed by atoms with Crippen molar-refractivity contribution in [1.82, 2.24) is 9.55 Å². The quantitative estimate of drug-likeness (QED) is 0.757. The number of hydrogen-bond acceptors (Lipinski definition) is 3. The Kier molecular flexibility index (Phi) is 6.05. The van der Waals surface area contributed by atoms with Gasteiger partial charge in [0.15, 0.2) is 0 Å². The predicted molar refractivity (Wildman–Crippen MR) is 71.4 cm³/mol. The van der Waals surface area contributed by atoms with E-state index >= 15 is 0 Å². The van der Waals surface area contributed by atoms with Gasteiger partial charge in [-0.05, 0) is 20.3 Å². The Morgan fingerprint density at radius 1 is 1.47 bits per heavy atom. The lowest BCUT2D eigenvalue weighted by atomic mass is 10.1. The third kappa shape index (κ3) is 4.38. The van der Waals surface area contributed by atoms with Crippen molar-refractivity contribution in [3.05, 3.63) is 12.4 Å². The average molecular weight is 239 g/mol. The molecule has 2 atom stereocenters. The molecule has 1 aromatic rings. The van der Waals surface area contributed by atoms with Crippen LogP contribution in [0.3, 0.4) is 0 Å². The van der Waals surface area contributed by atoms with Crippen molar-refractivity contribution < 1.29 is 4.74 Å². The molecule has 1 N–H and O–H groups in total. The van der Waals surface area contributed by atoms with Crippen LogP contribution < -0.4 is 5.32 Å². The molecule has 0 bridgehead atoms. The number of aromatic nitrogens is 2. The molecule has 1 heterocycles. The lowest BCUT2D eigenvalue weighted by Crippen LogP contribution is -2.20. The zero-order valence-corrected chi connectivity index (χ0v) is 11.4. The van der Waals surface area contributed by atoms with Crippen LogP contribution in [0.1, 0.15) is 46.1 Å². The highest BCUT2D eigenvalue weighted by Gasteiger charge is 2.11. The second kappa shape index (κ2) is 7.33. The second-order valence-corrected chi connectivity index (χ2v) is 4.65. The van der Waals surface area contributed by atoms with E-state index in [0.717, 1.165) is 5.95 Å². The highest BCUT2D eigenvalue weighted by molar-refractivity contribution is 5.28. The molecule has 0 saturated heterocycles. The summed E-state index contributed by atoms with van der Waals surface area (Å²) in [5.41, 5.74) is 0. The minimum absolute atomic E-state index is 0.309. The number of anilines is 1. The highest BCUT2D eigenvalue weighted by atomic mass is 16.5. The van der Waals surface area contributed by atoms with Crippen LogP contribution in [0, 0.1) is 0 Å². The fraction of sp³-hybridized carbons (Fsp3) is 0.769. The van der Waals surface area contributed by atoms with Gasteiger partial charge in [-0.25, -0.2) is 4.98 Å². The summed E-state index contributed by atoms with van der Waals surface area (Å²) in [6, 6.07) is 0.772. The smallest absolute Gasteiger partial charge is 0.203 e. The number of imidazole rings is 1. The van der Waals surface area contributed by atoms with Gasteiger partial charge in [0.25, 0.3) is 0 Å². The van der Waals surface area contributed by atoms with Gasteiger partial charge < -0.3 is 14.6 Å². The third-order valence-corrected chi connectivity index (χ3v) is 2.92. The van der Waals surface area contributed by atoms with Crippen molar-refractivity contribution in [2.45, 2.75) is 52.1 Å². The highest BCUT2D eigenvalue weighted by Crippen LogP contribution is 2.15. The van der Waals surface area contributed by atoms with Crippen molar-refractivity contribution >= 4 is 5.95 Å². The summed E-state index contributed by atoms with van der Waals surface area (Å²) >= 11 is 0. The van der Waals surface area contributed by atoms with E-state index in [0.29, 0.717) is 18.7 Å². The van der Waals surface area contributed by atoms with Gasteiger partial charge >= 0.3 is 0 Å². The molecular formula is C13H25N3O. The molecule has 0 amide bonds. The van der Waals surface area contributed by atoms with E-state index in [-0.39, 0.29) is 0 Å². The van der Waals surface area contributed by atoms with Gasteiger partial charge in [0.05, 0.1) is 12.6 Å². The Morgan fingerprint density at radius 3 is 2.88 bits per heavy atom. The average Bonchev–Trinajstić information content (AvgIpc) is 2.75. The van der Waals surface area contributed by atoms with Crippen molar-refractivity contribution in [2.75, 3.05) is 19.0 Å². The number of hydrogen-bond donors (Lipinski definition) is 1. The van der Waals surface area contributed by atoms with E-state index in [4.69, 9.17) is 4.74 Å². The summed E-state index contributed by atoms with van der Waals surface area (Å²) in [6.45, 7) is 7.26. The monoisotopic (exact) mass is 239 g/mol. The normalized spacial score (nSPS) is 14.6. The topological polar surface area (TPSA) is 39.1 Å². The molecule has 2 unspecified atom stereocenters. The minimum Gasteiger partial charge on any atom is -0.383 e. The summed E-state index contributed by atoms with van der Waals surface area (Å²) in [6.07, 6.45) is 7.50. The Balaban J connectivity index is 2.56. The maximum Gasteiger partial charge on any atom is 0.203 e. The molecule has 4 heteroatoms. The van der Waals surface area contributed by atoms with E-state index in [2.05, 4.69) is 35.6 Å². The first-order valence-corrected chi connectivity index (χ1v) is 6.47. The van der Waals surface area contributed by atoms with Gasteiger partial charge in [-0.1, -0.05) is 19.8 Å². The van der Waals surface area contributed by atoms with Crippen LogP contribution in [0.15, 0.2) is 12.4 Å². The van der Waals surface area contributed by atoms with Crippen LogP contribution in [0.2, 0.25) is 0 Å². The number of rotatable bonds is 8. The molecule has 98 valence electrons. The Labute approximate surface area is 104 Å². The summed E-state index contributed by atoms with van der Waals surface area (Å²) in [7, 11) is 1.73. The molecule has 17 heavy (non-hydrogen) atoms. The third-order valence-electron chi connectivity index (χ3n) is 2.92. The zero-order valence-electron chi connectivity index (χ0n) is 11.4. The molecule has 0 saturated carbocycles. The van der Waals surface area contributed by atoms with Crippen molar-refractivity contribution in [2.24, 2.45) is 0 Å². The summed E-state index contributed by atoms with van der Waals surface area (Å²) in [5.74, 6) is 0.943. The zero-order chi connectivity index (χ0) is 12.7. The van der Waals surface area contributed by atoms with Crippen molar-refractivity contribution in [3.8, 4) is 0 Å². The number of nitrogens with one attached hydrogen (secondary N) is 1. The second-order valence-electron chi connectivity index (χ2n) is 4.65. The van der Waals surface area contributed by atoms with Gasteiger partial charge in [0.1, 0.15) is 0 Å². The van der Waals surface area contributed by atoms with E-state index in [9.17, 15) is 0 Å². The SMILES string of the molecule is CCCCC(C)Nc1nccn1C(C)COC. The van der Waals surface area contributed by atoms with Crippen LogP contribution in [0.4, 0.5) is 5.95 Å². The lowest BCUT2D eigenvalue weighted by Gasteiger charge is -2.19. The molecular weight excluding hydrogens is 214 g/mol. The molecule has 0 fully saturated rings. The van der Waals surface area contributed by atoms with E-state index in [1.54, 1.807) is 7.11 Å². The first-order chi connectivity index (χ1) is 8.19. The van der Waals surface area contributed by atoms with E-state index in [1.165, 1.54) is 19.3 Å². The molecule has 0 aliphatic rings. The van der Waals surface area contributed by atoms with Crippen LogP contribution in [0.25, 0.3) is 0 Å². The van der Waals surface area contributed by atoms with Gasteiger partial charge in [0.2, 0.25) is 5.95 Å². The summed E-state index contributed by atoms with van der Waals surface area (Å²) in [4.78, 5) is 4.36. The summed E-state index contributed by atoms with van der Waals surface area (Å²) < 4.78 is 7.31. The minimum atomic E-state index is 0.309. The van der Waals surface area contributed by atoms with Gasteiger partial charge in [-0.3, -0.25) is 0 Å². The van der Waals surface area contributed by atoms with E-state index in [1.807, 2.05) is 12.4 Å². The van der Waals surface area contributed by atoms with Crippen molar-refractivity contribution in [3.63, 3.8) is 0 Å². The number of ether oxygens (including phenoxy) is 1. The maximum atomic E-state index is 5.18. The molecule has 1 aromatic heterocycles. The molecule has 0 aromatic carbocycles. The molecule has 0 spiro atoms. The van der Waals surface area contributed by atoms with Gasteiger partial charge in [0, 0.05) is 25.5 Å². The van der Waals surface area contributed by atoms with E-state index < -0.39 is 0 Å². The first-order valence-electron chi connectivity index (χ1n) is 6.47. The van der Waals surface area contributed by atoms with Gasteiger partial charge in [-0.15, -0.1) is 0 Å². The van der Waals surface area contributed by atoms with Crippen LogP contribution in [0.5, 0.6) is 0 Å². The molecule has 1 rings (SSSR count). The molecule has 0 aliphatic heterocycles. The fourth-order valence-electron chi connectivity index (χ4n) is 1.90. The Hall–Kier alpha value is -1.03. The predicted octanol–water partition coefficient (Wildman–Crippen LogP) is 3.08. The first kappa shape index (κ1) is 14.0. The number of methoxy groups -OCH3 is 1. The summed E-state index contributed by atoms with van der Waals surface area (Å²) in [5, 5.41) is 3.46. The standard InChI is InChI=1S/C13H25N3O/c1-5-6-7-11(2)15-13-14-8-9-16(13)12(3)10-17-4/h8-9,11-12H,5-7,10H2,1-4H3,(H,14,15). The Morgan fingerprint density at radius 2 is 2.24 bits per heavy atom. The number of nitrogens with zero attached hydrogens (tertiary/aromatic N) is 2.